The summed E-state index contributed by atoms with van der Waals surface area (Å²) in [6.07, 6.45) is 0. The van der Waals surface area contributed by atoms with E-state index in [1.54, 1.807) is 6.07 Å². The number of hydrogen-bond acceptors (Lipinski definition) is 4. The quantitative estimate of drug-likeness (QED) is 0.192. The summed E-state index contributed by atoms with van der Waals surface area (Å²) in [5.41, 5.74) is 7.87. The van der Waals surface area contributed by atoms with Gasteiger partial charge in [0.25, 0.3) is 0 Å². The third kappa shape index (κ3) is 4.07. The Labute approximate surface area is 263 Å². The van der Waals surface area contributed by atoms with E-state index in [1.165, 1.54) is 0 Å². The molecule has 46 heavy (non-hydrogen) atoms. The predicted octanol–water partition coefficient (Wildman–Crippen LogP) is 10.4. The maximum Gasteiger partial charge on any atom is 0.238 e. The van der Waals surface area contributed by atoms with Crippen LogP contribution in [0.3, 0.4) is 0 Å². The number of rotatable bonds is 4. The molecule has 6 aromatic carbocycles. The summed E-state index contributed by atoms with van der Waals surface area (Å²) in [5.74, 6) is 1.59. The third-order valence-corrected chi connectivity index (χ3v) is 8.50. The summed E-state index contributed by atoms with van der Waals surface area (Å²) < 4.78 is 8.52. The average molecular weight is 590 g/mol. The molecule has 0 saturated heterocycles. The number of aromatic nitrogens is 4. The van der Waals surface area contributed by atoms with E-state index in [2.05, 4.69) is 82.2 Å². The molecule has 3 aromatic heterocycles. The minimum absolute atomic E-state index is 0.504. The highest BCUT2D eigenvalue weighted by Crippen LogP contribution is 2.38. The molecule has 0 saturated carbocycles. The van der Waals surface area contributed by atoms with E-state index in [9.17, 15) is 0 Å². The van der Waals surface area contributed by atoms with Crippen LogP contribution in [0.4, 0.5) is 5.69 Å². The molecule has 3 heterocycles. The average Bonchev–Trinajstić information content (AvgIpc) is 3.67. The van der Waals surface area contributed by atoms with Crippen LogP contribution in [0, 0.1) is 6.57 Å². The Balaban J connectivity index is 1.31. The van der Waals surface area contributed by atoms with Crippen LogP contribution in [-0.4, -0.2) is 19.5 Å². The van der Waals surface area contributed by atoms with Gasteiger partial charge < -0.3 is 4.42 Å². The van der Waals surface area contributed by atoms with E-state index in [0.29, 0.717) is 34.5 Å². The molecule has 214 valence electrons. The van der Waals surface area contributed by atoms with Crippen molar-refractivity contribution in [1.82, 2.24) is 19.5 Å². The van der Waals surface area contributed by atoms with Gasteiger partial charge in [0.05, 0.1) is 23.2 Å². The van der Waals surface area contributed by atoms with Gasteiger partial charge in [0.15, 0.2) is 17.3 Å². The molecule has 6 heteroatoms. The van der Waals surface area contributed by atoms with Gasteiger partial charge in [-0.1, -0.05) is 109 Å². The molecule has 0 amide bonds. The highest BCUT2D eigenvalue weighted by molar-refractivity contribution is 6.10. The minimum atomic E-state index is 0.504. The molecular weight excluding hydrogens is 566 g/mol. The van der Waals surface area contributed by atoms with Crippen molar-refractivity contribution in [3.05, 3.63) is 151 Å². The van der Waals surface area contributed by atoms with Crippen LogP contribution in [-0.2, 0) is 0 Å². The second-order valence-corrected chi connectivity index (χ2v) is 11.2. The fourth-order valence-corrected chi connectivity index (χ4v) is 6.33. The molecule has 0 aliphatic rings. The van der Waals surface area contributed by atoms with Crippen LogP contribution >= 0.6 is 0 Å². The first-order chi connectivity index (χ1) is 22.7. The topological polar surface area (TPSA) is 61.1 Å². The van der Waals surface area contributed by atoms with Crippen molar-refractivity contribution in [3.8, 4) is 39.9 Å². The van der Waals surface area contributed by atoms with Gasteiger partial charge in [-0.3, -0.25) is 4.57 Å². The lowest BCUT2D eigenvalue weighted by atomic mass is 10.0. The van der Waals surface area contributed by atoms with Crippen molar-refractivity contribution in [2.75, 3.05) is 0 Å². The lowest BCUT2D eigenvalue weighted by Crippen LogP contribution is -2.06. The molecule has 0 spiro atoms. The van der Waals surface area contributed by atoms with E-state index in [-0.39, 0.29) is 0 Å². The van der Waals surface area contributed by atoms with Gasteiger partial charge in [-0.05, 0) is 41.5 Å². The molecular formula is C40H23N5O. The zero-order valence-corrected chi connectivity index (χ0v) is 24.4. The molecule has 0 unspecified atom stereocenters. The number of nitrogens with zero attached hydrogens (tertiary/aromatic N) is 5. The molecule has 9 rings (SSSR count). The maximum atomic E-state index is 7.50. The summed E-state index contributed by atoms with van der Waals surface area (Å²) >= 11 is 0. The summed E-state index contributed by atoms with van der Waals surface area (Å²) in [6.45, 7) is 7.50. The van der Waals surface area contributed by atoms with Gasteiger partial charge in [-0.25, -0.2) is 9.83 Å². The van der Waals surface area contributed by atoms with Crippen LogP contribution in [0.5, 0.6) is 0 Å². The molecule has 6 nitrogen and oxygen atoms in total. The van der Waals surface area contributed by atoms with Crippen molar-refractivity contribution in [3.63, 3.8) is 0 Å². The zero-order chi connectivity index (χ0) is 30.6. The Morgan fingerprint density at radius 1 is 0.522 bits per heavy atom. The van der Waals surface area contributed by atoms with Crippen LogP contribution in [0.15, 0.2) is 144 Å². The van der Waals surface area contributed by atoms with Crippen molar-refractivity contribution >= 4 is 49.4 Å². The lowest BCUT2D eigenvalue weighted by molar-refractivity contribution is 0.669. The molecule has 0 atom stereocenters. The van der Waals surface area contributed by atoms with Gasteiger partial charge in [0.1, 0.15) is 11.2 Å². The summed E-state index contributed by atoms with van der Waals surface area (Å²) in [6, 6.07) is 46.7. The molecule has 0 fully saturated rings. The summed E-state index contributed by atoms with van der Waals surface area (Å²) in [5, 5.41) is 4.05. The first-order valence-corrected chi connectivity index (χ1v) is 15.0. The Morgan fingerprint density at radius 3 is 1.89 bits per heavy atom. The van der Waals surface area contributed by atoms with Gasteiger partial charge in [-0.15, -0.1) is 0 Å². The highest BCUT2D eigenvalue weighted by atomic mass is 16.3. The Bertz CT molecular complexity index is 2590. The number of furan rings is 1. The minimum Gasteiger partial charge on any atom is -0.455 e. The van der Waals surface area contributed by atoms with Crippen molar-refractivity contribution in [1.29, 1.82) is 0 Å². The normalized spacial score (nSPS) is 11.5. The number of fused-ring (bicyclic) bond motifs is 6. The molecule has 0 N–H and O–H groups in total. The van der Waals surface area contributed by atoms with E-state index in [0.717, 1.165) is 54.8 Å². The van der Waals surface area contributed by atoms with E-state index >= 15 is 0 Å². The van der Waals surface area contributed by atoms with Crippen LogP contribution in [0.1, 0.15) is 0 Å². The number of benzene rings is 6. The van der Waals surface area contributed by atoms with Gasteiger partial charge in [-0.2, -0.15) is 9.97 Å². The third-order valence-electron chi connectivity index (χ3n) is 8.50. The van der Waals surface area contributed by atoms with E-state index < -0.39 is 0 Å². The zero-order valence-electron chi connectivity index (χ0n) is 24.4. The fourth-order valence-electron chi connectivity index (χ4n) is 6.33. The van der Waals surface area contributed by atoms with Crippen molar-refractivity contribution < 1.29 is 4.42 Å². The molecule has 0 bridgehead atoms. The first kappa shape index (κ1) is 25.9. The van der Waals surface area contributed by atoms with Gasteiger partial charge >= 0.3 is 0 Å². The summed E-state index contributed by atoms with van der Waals surface area (Å²) in [4.78, 5) is 18.9. The smallest absolute Gasteiger partial charge is 0.238 e. The number of hydrogen-bond donors (Lipinski definition) is 0. The van der Waals surface area contributed by atoms with Gasteiger partial charge in [0.2, 0.25) is 5.95 Å². The lowest BCUT2D eigenvalue weighted by Gasteiger charge is -2.11. The van der Waals surface area contributed by atoms with Crippen LogP contribution in [0.2, 0.25) is 0 Å². The van der Waals surface area contributed by atoms with Gasteiger partial charge in [0, 0.05) is 27.1 Å². The van der Waals surface area contributed by atoms with Crippen molar-refractivity contribution in [2.24, 2.45) is 0 Å². The molecule has 9 aromatic rings. The summed E-state index contributed by atoms with van der Waals surface area (Å²) in [7, 11) is 0. The standard InChI is InChI=1S/C40H23N5O/c1-41-28-22-23-36-33(24-28)31-14-9-15-32(37(31)46-36)39-42-38(27-20-18-26(19-21-27)25-10-3-2-4-11-25)43-40(44-39)45-34-16-7-5-12-29(34)30-13-6-8-17-35(30)45/h2-24H. The molecule has 0 aliphatic heterocycles. The highest BCUT2D eigenvalue weighted by Gasteiger charge is 2.20. The van der Waals surface area contributed by atoms with Crippen molar-refractivity contribution in [2.45, 2.75) is 0 Å². The van der Waals surface area contributed by atoms with E-state index in [1.807, 2.05) is 60.7 Å². The fraction of sp³-hybridized carbons (Fsp3) is 0. The Morgan fingerprint density at radius 2 is 1.15 bits per heavy atom. The largest absolute Gasteiger partial charge is 0.455 e. The Hall–Kier alpha value is -6.58. The number of para-hydroxylation sites is 3. The monoisotopic (exact) mass is 589 g/mol. The second kappa shape index (κ2) is 10.3. The SMILES string of the molecule is [C-]#[N+]c1ccc2oc3c(-c4nc(-c5ccc(-c6ccccc6)cc5)nc(-n5c6ccccc6c6ccccc65)n4)cccc3c2c1. The maximum absolute atomic E-state index is 7.50. The predicted molar refractivity (Wildman–Crippen MR) is 184 cm³/mol. The Kier molecular flexibility index (Phi) is 5.77. The van der Waals surface area contributed by atoms with Crippen LogP contribution < -0.4 is 0 Å². The first-order valence-electron chi connectivity index (χ1n) is 15.0. The molecule has 0 aliphatic carbocycles. The molecule has 0 radical (unpaired) electrons. The van der Waals surface area contributed by atoms with E-state index in [4.69, 9.17) is 25.9 Å². The second-order valence-electron chi connectivity index (χ2n) is 11.2. The van der Waals surface area contributed by atoms with Crippen LogP contribution in [0.25, 0.3) is 88.4 Å².